The smallest absolute Gasteiger partial charge is 0.239 e. The first-order chi connectivity index (χ1) is 10.2. The molecular weight excluding hydrogens is 270 g/mol. The monoisotopic (exact) mass is 287 g/mol. The summed E-state index contributed by atoms with van der Waals surface area (Å²) in [5.74, 6) is 0.723. The van der Waals surface area contributed by atoms with Crippen LogP contribution in [0.25, 0.3) is 0 Å². The van der Waals surface area contributed by atoms with Gasteiger partial charge in [-0.1, -0.05) is 30.3 Å². The van der Waals surface area contributed by atoms with Crippen molar-refractivity contribution in [1.29, 1.82) is 0 Å². The van der Waals surface area contributed by atoms with Crippen molar-refractivity contribution in [2.45, 2.75) is 6.54 Å². The highest BCUT2D eigenvalue weighted by Crippen LogP contribution is 2.13. The molecule has 2 rings (SSSR count). The summed E-state index contributed by atoms with van der Waals surface area (Å²) in [6.45, 7) is 0.572. The van der Waals surface area contributed by atoms with E-state index in [0.29, 0.717) is 18.2 Å². The number of aromatic nitrogens is 2. The molecule has 0 fully saturated rings. The minimum absolute atomic E-state index is 0.0848. The Kier molecular flexibility index (Phi) is 4.92. The summed E-state index contributed by atoms with van der Waals surface area (Å²) in [5, 5.41) is 5.68. The maximum absolute atomic E-state index is 11.7. The Morgan fingerprint density at radius 2 is 2.05 bits per heavy atom. The first kappa shape index (κ1) is 14.6. The lowest BCUT2D eigenvalue weighted by Gasteiger charge is -2.08. The summed E-state index contributed by atoms with van der Waals surface area (Å²) in [7, 11) is 1.48. The highest BCUT2D eigenvalue weighted by Gasteiger charge is 2.05. The van der Waals surface area contributed by atoms with Crippen LogP contribution in [0.3, 0.4) is 0 Å². The molecule has 7 nitrogen and oxygen atoms in total. The van der Waals surface area contributed by atoms with Gasteiger partial charge < -0.3 is 21.1 Å². The second kappa shape index (κ2) is 7.09. The first-order valence-corrected chi connectivity index (χ1v) is 6.40. The van der Waals surface area contributed by atoms with Crippen LogP contribution in [-0.2, 0) is 11.3 Å². The average molecular weight is 287 g/mol. The van der Waals surface area contributed by atoms with Gasteiger partial charge in [-0.3, -0.25) is 4.79 Å². The van der Waals surface area contributed by atoms with Gasteiger partial charge in [-0.15, -0.1) is 0 Å². The number of nitrogens with one attached hydrogen (secondary N) is 2. The Morgan fingerprint density at radius 1 is 1.29 bits per heavy atom. The van der Waals surface area contributed by atoms with Crippen molar-refractivity contribution < 1.29 is 9.53 Å². The van der Waals surface area contributed by atoms with Gasteiger partial charge in [0.1, 0.15) is 5.82 Å². The largest absolute Gasteiger partial charge is 0.481 e. The van der Waals surface area contributed by atoms with Crippen molar-refractivity contribution in [2.75, 3.05) is 24.7 Å². The third-order valence-corrected chi connectivity index (χ3v) is 2.69. The van der Waals surface area contributed by atoms with Gasteiger partial charge in [-0.2, -0.15) is 9.97 Å². The highest BCUT2D eigenvalue weighted by atomic mass is 16.5. The summed E-state index contributed by atoms with van der Waals surface area (Å²) in [6.07, 6.45) is 0. The number of benzene rings is 1. The van der Waals surface area contributed by atoms with Gasteiger partial charge in [0.15, 0.2) is 0 Å². The van der Waals surface area contributed by atoms with Gasteiger partial charge in [-0.25, -0.2) is 0 Å². The van der Waals surface area contributed by atoms with Gasteiger partial charge in [0.25, 0.3) is 0 Å². The van der Waals surface area contributed by atoms with Gasteiger partial charge in [0.05, 0.1) is 13.7 Å². The van der Waals surface area contributed by atoms with E-state index in [-0.39, 0.29) is 18.4 Å². The van der Waals surface area contributed by atoms with Gasteiger partial charge >= 0.3 is 0 Å². The Labute approximate surface area is 122 Å². The number of carbonyl (C=O) groups is 1. The number of amides is 1. The van der Waals surface area contributed by atoms with Crippen molar-refractivity contribution in [1.82, 2.24) is 15.3 Å². The summed E-state index contributed by atoms with van der Waals surface area (Å²) in [4.78, 5) is 19.6. The molecule has 7 heteroatoms. The van der Waals surface area contributed by atoms with Crippen LogP contribution in [0.5, 0.6) is 5.88 Å². The molecule has 0 saturated carbocycles. The van der Waals surface area contributed by atoms with Crippen molar-refractivity contribution in [2.24, 2.45) is 0 Å². The fourth-order valence-electron chi connectivity index (χ4n) is 1.67. The van der Waals surface area contributed by atoms with E-state index in [2.05, 4.69) is 20.6 Å². The van der Waals surface area contributed by atoms with E-state index in [1.54, 1.807) is 6.07 Å². The van der Waals surface area contributed by atoms with Crippen LogP contribution >= 0.6 is 0 Å². The predicted molar refractivity (Wildman–Crippen MR) is 79.8 cm³/mol. The third kappa shape index (κ3) is 4.64. The average Bonchev–Trinajstić information content (AvgIpc) is 2.51. The van der Waals surface area contributed by atoms with Crippen molar-refractivity contribution >= 4 is 17.7 Å². The van der Waals surface area contributed by atoms with E-state index in [1.165, 1.54) is 7.11 Å². The number of carbonyl (C=O) groups excluding carboxylic acids is 1. The van der Waals surface area contributed by atoms with Crippen LogP contribution in [0.2, 0.25) is 0 Å². The van der Waals surface area contributed by atoms with Gasteiger partial charge in [-0.05, 0) is 5.56 Å². The number of hydrogen-bond donors (Lipinski definition) is 3. The summed E-state index contributed by atoms with van der Waals surface area (Å²) in [5.41, 5.74) is 6.57. The Bertz CT molecular complexity index is 604. The van der Waals surface area contributed by atoms with E-state index in [4.69, 9.17) is 10.5 Å². The summed E-state index contributed by atoms with van der Waals surface area (Å²) in [6, 6.07) is 11.2. The lowest BCUT2D eigenvalue weighted by Crippen LogP contribution is -2.29. The number of rotatable bonds is 6. The molecule has 0 bridgehead atoms. The number of nitrogens with two attached hydrogens (primary N) is 1. The number of nitrogen functional groups attached to an aromatic ring is 1. The second-order valence-electron chi connectivity index (χ2n) is 4.27. The fourth-order valence-corrected chi connectivity index (χ4v) is 1.67. The molecule has 1 aromatic carbocycles. The van der Waals surface area contributed by atoms with E-state index >= 15 is 0 Å². The maximum Gasteiger partial charge on any atom is 0.239 e. The molecule has 0 atom stereocenters. The molecular formula is C14H17N5O2. The predicted octanol–water partition coefficient (Wildman–Crippen LogP) is 0.796. The van der Waals surface area contributed by atoms with Crippen LogP contribution in [-0.4, -0.2) is 29.5 Å². The quantitative estimate of drug-likeness (QED) is 0.726. The zero-order valence-electron chi connectivity index (χ0n) is 11.7. The topological polar surface area (TPSA) is 102 Å². The van der Waals surface area contributed by atoms with Crippen LogP contribution in [0, 0.1) is 0 Å². The lowest BCUT2D eigenvalue weighted by molar-refractivity contribution is -0.119. The van der Waals surface area contributed by atoms with E-state index in [9.17, 15) is 4.79 Å². The lowest BCUT2D eigenvalue weighted by atomic mass is 10.2. The van der Waals surface area contributed by atoms with Crippen molar-refractivity contribution in [3.8, 4) is 5.88 Å². The summed E-state index contributed by atoms with van der Waals surface area (Å²) >= 11 is 0. The van der Waals surface area contributed by atoms with Gasteiger partial charge in [0, 0.05) is 12.6 Å². The maximum atomic E-state index is 11.7. The molecule has 0 spiro atoms. The molecule has 1 amide bonds. The molecule has 4 N–H and O–H groups in total. The van der Waals surface area contributed by atoms with E-state index < -0.39 is 0 Å². The molecule has 1 aromatic heterocycles. The molecule has 0 aliphatic heterocycles. The number of nitrogens with zero attached hydrogens (tertiary/aromatic N) is 2. The number of methoxy groups -OCH3 is 1. The Hall–Kier alpha value is -2.83. The minimum atomic E-state index is -0.144. The molecule has 21 heavy (non-hydrogen) atoms. The molecule has 0 saturated heterocycles. The van der Waals surface area contributed by atoms with Crippen molar-refractivity contribution in [3.05, 3.63) is 42.0 Å². The zero-order valence-corrected chi connectivity index (χ0v) is 11.7. The first-order valence-electron chi connectivity index (χ1n) is 6.40. The standard InChI is InChI=1S/C14H17N5O2/c1-21-13-7-11(18-14(15)19-13)16-9-12(20)17-8-10-5-3-2-4-6-10/h2-7H,8-9H2,1H3,(H,17,20)(H3,15,16,18,19). The van der Waals surface area contributed by atoms with Crippen LogP contribution < -0.4 is 21.1 Å². The molecule has 0 radical (unpaired) electrons. The normalized spacial score (nSPS) is 9.95. The minimum Gasteiger partial charge on any atom is -0.481 e. The molecule has 2 aromatic rings. The zero-order chi connectivity index (χ0) is 15.1. The number of hydrogen-bond acceptors (Lipinski definition) is 6. The highest BCUT2D eigenvalue weighted by molar-refractivity contribution is 5.80. The molecule has 0 aliphatic carbocycles. The van der Waals surface area contributed by atoms with Crippen LogP contribution in [0.4, 0.5) is 11.8 Å². The molecule has 0 unspecified atom stereocenters. The third-order valence-electron chi connectivity index (χ3n) is 2.69. The van der Waals surface area contributed by atoms with Crippen LogP contribution in [0.15, 0.2) is 36.4 Å². The molecule has 110 valence electrons. The Balaban J connectivity index is 1.82. The van der Waals surface area contributed by atoms with Crippen LogP contribution in [0.1, 0.15) is 5.56 Å². The number of ether oxygens (including phenoxy) is 1. The molecule has 0 aliphatic rings. The van der Waals surface area contributed by atoms with E-state index in [1.807, 2.05) is 30.3 Å². The fraction of sp³-hybridized carbons (Fsp3) is 0.214. The summed E-state index contributed by atoms with van der Waals surface area (Å²) < 4.78 is 4.98. The second-order valence-corrected chi connectivity index (χ2v) is 4.27. The van der Waals surface area contributed by atoms with Gasteiger partial charge in [0.2, 0.25) is 17.7 Å². The molecule has 1 heterocycles. The number of anilines is 2. The Morgan fingerprint density at radius 3 is 2.76 bits per heavy atom. The van der Waals surface area contributed by atoms with Crippen molar-refractivity contribution in [3.63, 3.8) is 0 Å². The van der Waals surface area contributed by atoms with E-state index in [0.717, 1.165) is 5.56 Å². The SMILES string of the molecule is COc1cc(NCC(=O)NCc2ccccc2)nc(N)n1.